The van der Waals surface area contributed by atoms with Crippen LogP contribution in [0.1, 0.15) is 19.5 Å². The minimum atomic E-state index is -0.0142. The van der Waals surface area contributed by atoms with E-state index in [0.717, 1.165) is 0 Å². The summed E-state index contributed by atoms with van der Waals surface area (Å²) in [5, 5.41) is 8.55. The number of pyridine rings is 1. The van der Waals surface area contributed by atoms with E-state index >= 15 is 0 Å². The van der Waals surface area contributed by atoms with Gasteiger partial charge in [0.2, 0.25) is 0 Å². The highest BCUT2D eigenvalue weighted by atomic mass is 16.5. The predicted molar refractivity (Wildman–Crippen MR) is 55.5 cm³/mol. The quantitative estimate of drug-likeness (QED) is 0.736. The highest BCUT2D eigenvalue weighted by molar-refractivity contribution is 5.26. The van der Waals surface area contributed by atoms with Crippen molar-refractivity contribution in [2.45, 2.75) is 20.0 Å². The van der Waals surface area contributed by atoms with Crippen LogP contribution in [-0.2, 0) is 4.74 Å². The second-order valence-corrected chi connectivity index (χ2v) is 3.08. The van der Waals surface area contributed by atoms with E-state index < -0.39 is 0 Å². The van der Waals surface area contributed by atoms with Crippen molar-refractivity contribution in [3.05, 3.63) is 24.0 Å². The van der Waals surface area contributed by atoms with Gasteiger partial charge < -0.3 is 9.47 Å². The lowest BCUT2D eigenvalue weighted by molar-refractivity contribution is 0.0655. The Labute approximate surface area is 89.5 Å². The Bertz CT molecular complexity index is 329. The van der Waals surface area contributed by atoms with Crippen molar-refractivity contribution < 1.29 is 9.47 Å². The van der Waals surface area contributed by atoms with Gasteiger partial charge in [-0.05, 0) is 26.0 Å². The van der Waals surface area contributed by atoms with E-state index in [0.29, 0.717) is 24.7 Å². The minimum Gasteiger partial charge on any atom is -0.487 e. The second-order valence-electron chi connectivity index (χ2n) is 3.08. The summed E-state index contributed by atoms with van der Waals surface area (Å²) in [6.07, 6.45) is 1.53. The van der Waals surface area contributed by atoms with Crippen molar-refractivity contribution in [3.63, 3.8) is 0 Å². The molecular weight excluding hydrogens is 192 g/mol. The summed E-state index contributed by atoms with van der Waals surface area (Å²) in [7, 11) is 0. The van der Waals surface area contributed by atoms with E-state index in [4.69, 9.17) is 14.7 Å². The number of hydrogen-bond donors (Lipinski definition) is 0. The molecule has 1 aromatic heterocycles. The fraction of sp³-hybridized carbons (Fsp3) is 0.455. The number of ether oxygens (including phenoxy) is 2. The third-order valence-corrected chi connectivity index (χ3v) is 1.74. The molecule has 0 aliphatic carbocycles. The standard InChI is InChI=1S/C11H14N2O2/c1-3-14-8-9(2)15-11-5-4-10(6-12)13-7-11/h4-5,7,9H,3,8H2,1-2H3. The molecule has 1 atom stereocenters. The van der Waals surface area contributed by atoms with Crippen LogP contribution in [0.4, 0.5) is 0 Å². The molecule has 0 spiro atoms. The fourth-order valence-corrected chi connectivity index (χ4v) is 1.07. The third-order valence-electron chi connectivity index (χ3n) is 1.74. The summed E-state index contributed by atoms with van der Waals surface area (Å²) in [6, 6.07) is 5.31. The Morgan fingerprint density at radius 2 is 2.33 bits per heavy atom. The molecule has 0 bridgehead atoms. The zero-order chi connectivity index (χ0) is 11.1. The van der Waals surface area contributed by atoms with Crippen molar-refractivity contribution in [3.8, 4) is 11.8 Å². The third kappa shape index (κ3) is 3.96. The Kier molecular flexibility index (Phi) is 4.58. The maximum Gasteiger partial charge on any atom is 0.140 e. The molecule has 1 unspecified atom stereocenters. The topological polar surface area (TPSA) is 55.1 Å². The Hall–Kier alpha value is -1.60. The number of nitrogens with zero attached hydrogens (tertiary/aromatic N) is 2. The first kappa shape index (κ1) is 11.5. The van der Waals surface area contributed by atoms with Gasteiger partial charge in [0, 0.05) is 6.61 Å². The Morgan fingerprint density at radius 3 is 2.87 bits per heavy atom. The summed E-state index contributed by atoms with van der Waals surface area (Å²) >= 11 is 0. The first-order valence-corrected chi connectivity index (χ1v) is 4.86. The number of aromatic nitrogens is 1. The summed E-state index contributed by atoms with van der Waals surface area (Å²) < 4.78 is 10.7. The Morgan fingerprint density at radius 1 is 1.53 bits per heavy atom. The molecule has 0 amide bonds. The van der Waals surface area contributed by atoms with E-state index in [2.05, 4.69) is 4.98 Å². The average Bonchev–Trinajstić information content (AvgIpc) is 2.27. The molecule has 0 saturated heterocycles. The molecule has 4 heteroatoms. The number of rotatable bonds is 5. The molecule has 0 radical (unpaired) electrons. The highest BCUT2D eigenvalue weighted by Gasteiger charge is 2.03. The maximum atomic E-state index is 8.55. The lowest BCUT2D eigenvalue weighted by atomic mass is 10.3. The zero-order valence-corrected chi connectivity index (χ0v) is 8.93. The van der Waals surface area contributed by atoms with E-state index in [1.165, 1.54) is 0 Å². The van der Waals surface area contributed by atoms with Crippen LogP contribution in [0.5, 0.6) is 5.75 Å². The van der Waals surface area contributed by atoms with Crippen LogP contribution in [-0.4, -0.2) is 24.3 Å². The van der Waals surface area contributed by atoms with Crippen LogP contribution in [0, 0.1) is 11.3 Å². The number of hydrogen-bond acceptors (Lipinski definition) is 4. The SMILES string of the molecule is CCOCC(C)Oc1ccc(C#N)nc1. The van der Waals surface area contributed by atoms with Gasteiger partial charge in [0.25, 0.3) is 0 Å². The van der Waals surface area contributed by atoms with Crippen LogP contribution in [0.15, 0.2) is 18.3 Å². The van der Waals surface area contributed by atoms with Gasteiger partial charge in [-0.2, -0.15) is 5.26 Å². The van der Waals surface area contributed by atoms with Crippen molar-refractivity contribution in [1.82, 2.24) is 4.98 Å². The normalized spacial score (nSPS) is 11.8. The van der Waals surface area contributed by atoms with Gasteiger partial charge in [-0.15, -0.1) is 0 Å². The molecule has 0 N–H and O–H groups in total. The van der Waals surface area contributed by atoms with E-state index in [1.54, 1.807) is 18.3 Å². The first-order valence-electron chi connectivity index (χ1n) is 4.86. The van der Waals surface area contributed by atoms with E-state index in [9.17, 15) is 0 Å². The molecule has 1 rings (SSSR count). The minimum absolute atomic E-state index is 0.0142. The van der Waals surface area contributed by atoms with Crippen LogP contribution in [0.2, 0.25) is 0 Å². The smallest absolute Gasteiger partial charge is 0.140 e. The van der Waals surface area contributed by atoms with Crippen LogP contribution in [0.25, 0.3) is 0 Å². The van der Waals surface area contributed by atoms with Crippen molar-refractivity contribution in [2.75, 3.05) is 13.2 Å². The summed E-state index contributed by atoms with van der Waals surface area (Å²) in [5.41, 5.74) is 0.389. The molecule has 4 nitrogen and oxygen atoms in total. The van der Waals surface area contributed by atoms with Gasteiger partial charge in [0.15, 0.2) is 0 Å². The van der Waals surface area contributed by atoms with Gasteiger partial charge >= 0.3 is 0 Å². The Balaban J connectivity index is 2.47. The lowest BCUT2D eigenvalue weighted by Crippen LogP contribution is -2.19. The molecular formula is C11H14N2O2. The molecule has 1 aromatic rings. The lowest BCUT2D eigenvalue weighted by Gasteiger charge is -2.13. The molecule has 0 aliphatic heterocycles. The van der Waals surface area contributed by atoms with Gasteiger partial charge in [-0.1, -0.05) is 0 Å². The highest BCUT2D eigenvalue weighted by Crippen LogP contribution is 2.10. The molecule has 0 aromatic carbocycles. The van der Waals surface area contributed by atoms with E-state index in [1.807, 2.05) is 19.9 Å². The molecule has 0 saturated carbocycles. The average molecular weight is 206 g/mol. The van der Waals surface area contributed by atoms with Crippen molar-refractivity contribution in [2.24, 2.45) is 0 Å². The molecule has 0 fully saturated rings. The monoisotopic (exact) mass is 206 g/mol. The summed E-state index contributed by atoms with van der Waals surface area (Å²) in [5.74, 6) is 0.654. The first-order chi connectivity index (χ1) is 7.26. The summed E-state index contributed by atoms with van der Waals surface area (Å²) in [6.45, 7) is 5.10. The van der Waals surface area contributed by atoms with Crippen molar-refractivity contribution in [1.29, 1.82) is 5.26 Å². The second kappa shape index (κ2) is 5.99. The fourth-order valence-electron chi connectivity index (χ4n) is 1.07. The van der Waals surface area contributed by atoms with Gasteiger partial charge in [-0.25, -0.2) is 4.98 Å². The van der Waals surface area contributed by atoms with Gasteiger partial charge in [-0.3, -0.25) is 0 Å². The molecule has 80 valence electrons. The number of nitriles is 1. The maximum absolute atomic E-state index is 8.55. The van der Waals surface area contributed by atoms with Crippen LogP contribution >= 0.6 is 0 Å². The van der Waals surface area contributed by atoms with E-state index in [-0.39, 0.29) is 6.10 Å². The largest absolute Gasteiger partial charge is 0.487 e. The molecule has 1 heterocycles. The zero-order valence-electron chi connectivity index (χ0n) is 8.93. The van der Waals surface area contributed by atoms with Crippen LogP contribution in [0.3, 0.4) is 0 Å². The molecule has 0 aliphatic rings. The van der Waals surface area contributed by atoms with Crippen molar-refractivity contribution >= 4 is 0 Å². The predicted octanol–water partition coefficient (Wildman–Crippen LogP) is 1.76. The summed E-state index contributed by atoms with van der Waals surface area (Å²) in [4.78, 5) is 3.90. The van der Waals surface area contributed by atoms with Crippen LogP contribution < -0.4 is 4.74 Å². The molecule has 15 heavy (non-hydrogen) atoms. The van der Waals surface area contributed by atoms with Gasteiger partial charge in [0.05, 0.1) is 12.8 Å². The van der Waals surface area contributed by atoms with Gasteiger partial charge in [0.1, 0.15) is 23.6 Å².